The van der Waals surface area contributed by atoms with Crippen molar-refractivity contribution in [2.75, 3.05) is 0 Å². The predicted octanol–water partition coefficient (Wildman–Crippen LogP) is 1.45. The van der Waals surface area contributed by atoms with E-state index in [4.69, 9.17) is 4.74 Å². The van der Waals surface area contributed by atoms with E-state index in [1.807, 2.05) is 0 Å². The monoisotopic (exact) mass is 170 g/mol. The summed E-state index contributed by atoms with van der Waals surface area (Å²) in [4.78, 5) is 21.5. The molecule has 12 heavy (non-hydrogen) atoms. The van der Waals surface area contributed by atoms with Crippen molar-refractivity contribution in [1.82, 2.24) is 0 Å². The van der Waals surface area contributed by atoms with Crippen LogP contribution in [0, 0.1) is 0 Å². The van der Waals surface area contributed by atoms with Crippen LogP contribution in [0.25, 0.3) is 0 Å². The second kappa shape index (κ2) is 4.24. The van der Waals surface area contributed by atoms with E-state index in [9.17, 15) is 9.59 Å². The Morgan fingerprint density at radius 3 is 2.42 bits per heavy atom. The molecule has 0 aromatic carbocycles. The van der Waals surface area contributed by atoms with Gasteiger partial charge >= 0.3 is 5.97 Å². The van der Waals surface area contributed by atoms with Gasteiger partial charge < -0.3 is 4.74 Å². The fourth-order valence-corrected chi connectivity index (χ4v) is 1.44. The summed E-state index contributed by atoms with van der Waals surface area (Å²) < 4.78 is 5.06. The highest BCUT2D eigenvalue weighted by atomic mass is 16.5. The van der Waals surface area contributed by atoms with Gasteiger partial charge in [0.25, 0.3) is 0 Å². The standard InChI is InChI=1S/C9H14O3/c1-7(10)6-9(11)12-8-4-2-3-5-8/h8H,2-6H2,1H3. The van der Waals surface area contributed by atoms with E-state index < -0.39 is 0 Å². The third-order valence-electron chi connectivity index (χ3n) is 1.99. The van der Waals surface area contributed by atoms with Crippen LogP contribution in [0.4, 0.5) is 0 Å². The van der Waals surface area contributed by atoms with Gasteiger partial charge in [0.2, 0.25) is 0 Å². The smallest absolute Gasteiger partial charge is 0.313 e. The average Bonchev–Trinajstić information content (AvgIpc) is 2.37. The Balaban J connectivity index is 2.20. The summed E-state index contributed by atoms with van der Waals surface area (Å²) >= 11 is 0. The van der Waals surface area contributed by atoms with Crippen LogP contribution in [0.15, 0.2) is 0 Å². The number of ketones is 1. The molecule has 1 rings (SSSR count). The molecule has 0 atom stereocenters. The first-order valence-electron chi connectivity index (χ1n) is 4.37. The first kappa shape index (κ1) is 9.23. The summed E-state index contributed by atoms with van der Waals surface area (Å²) in [5.74, 6) is -0.493. The predicted molar refractivity (Wildman–Crippen MR) is 43.6 cm³/mol. The first-order chi connectivity index (χ1) is 5.68. The zero-order valence-electron chi connectivity index (χ0n) is 7.34. The molecule has 1 aliphatic rings. The van der Waals surface area contributed by atoms with Gasteiger partial charge in [-0.1, -0.05) is 0 Å². The molecule has 1 aliphatic carbocycles. The van der Waals surface area contributed by atoms with E-state index in [1.165, 1.54) is 6.92 Å². The summed E-state index contributed by atoms with van der Waals surface area (Å²) in [5, 5.41) is 0. The van der Waals surface area contributed by atoms with E-state index in [-0.39, 0.29) is 24.3 Å². The minimum absolute atomic E-state index is 0.0729. The molecule has 0 amide bonds. The van der Waals surface area contributed by atoms with E-state index in [1.54, 1.807) is 0 Å². The maximum absolute atomic E-state index is 11.0. The second-order valence-electron chi connectivity index (χ2n) is 3.28. The minimum Gasteiger partial charge on any atom is -0.462 e. The molecule has 3 nitrogen and oxygen atoms in total. The maximum Gasteiger partial charge on any atom is 0.313 e. The molecule has 0 heterocycles. The van der Waals surface area contributed by atoms with Gasteiger partial charge in [-0.2, -0.15) is 0 Å². The van der Waals surface area contributed by atoms with Crippen LogP contribution < -0.4 is 0 Å². The number of carbonyl (C=O) groups is 2. The van der Waals surface area contributed by atoms with E-state index >= 15 is 0 Å². The normalized spacial score (nSPS) is 17.8. The molecular formula is C9H14O3. The van der Waals surface area contributed by atoms with Crippen molar-refractivity contribution in [3.8, 4) is 0 Å². The fraction of sp³-hybridized carbons (Fsp3) is 0.778. The molecule has 68 valence electrons. The number of carbonyl (C=O) groups excluding carboxylic acids is 2. The highest BCUT2D eigenvalue weighted by molar-refractivity contribution is 5.94. The van der Waals surface area contributed by atoms with Gasteiger partial charge in [0, 0.05) is 0 Å². The highest BCUT2D eigenvalue weighted by Gasteiger charge is 2.19. The Labute approximate surface area is 72.1 Å². The van der Waals surface area contributed by atoms with Crippen LogP contribution in [-0.4, -0.2) is 17.9 Å². The SMILES string of the molecule is CC(=O)CC(=O)OC1CCCC1. The van der Waals surface area contributed by atoms with Gasteiger partial charge in [0.05, 0.1) is 0 Å². The van der Waals surface area contributed by atoms with Crippen molar-refractivity contribution in [1.29, 1.82) is 0 Å². The zero-order valence-corrected chi connectivity index (χ0v) is 7.34. The number of esters is 1. The summed E-state index contributed by atoms with van der Waals surface area (Å²) in [6.45, 7) is 1.40. The number of ether oxygens (including phenoxy) is 1. The zero-order chi connectivity index (χ0) is 8.97. The van der Waals surface area contributed by atoms with E-state index in [0.717, 1.165) is 25.7 Å². The van der Waals surface area contributed by atoms with Crippen LogP contribution in [0.1, 0.15) is 39.0 Å². The van der Waals surface area contributed by atoms with Crippen molar-refractivity contribution in [3.63, 3.8) is 0 Å². The number of hydrogen-bond acceptors (Lipinski definition) is 3. The van der Waals surface area contributed by atoms with Crippen LogP contribution in [-0.2, 0) is 14.3 Å². The third-order valence-corrected chi connectivity index (χ3v) is 1.99. The van der Waals surface area contributed by atoms with Crippen LogP contribution in [0.2, 0.25) is 0 Å². The van der Waals surface area contributed by atoms with Gasteiger partial charge in [-0.15, -0.1) is 0 Å². The lowest BCUT2D eigenvalue weighted by molar-refractivity contribution is -0.150. The molecule has 3 heteroatoms. The summed E-state index contributed by atoms with van der Waals surface area (Å²) in [5.41, 5.74) is 0. The maximum atomic E-state index is 11.0. The lowest BCUT2D eigenvalue weighted by Crippen LogP contribution is -2.16. The number of rotatable bonds is 3. The highest BCUT2D eigenvalue weighted by Crippen LogP contribution is 2.21. The van der Waals surface area contributed by atoms with Crippen LogP contribution in [0.5, 0.6) is 0 Å². The Kier molecular flexibility index (Phi) is 3.26. The van der Waals surface area contributed by atoms with Gasteiger partial charge in [-0.25, -0.2) is 0 Å². The Hall–Kier alpha value is -0.860. The van der Waals surface area contributed by atoms with Gasteiger partial charge in [-0.05, 0) is 32.6 Å². The molecule has 0 saturated heterocycles. The van der Waals surface area contributed by atoms with Crippen molar-refractivity contribution in [2.45, 2.75) is 45.1 Å². The average molecular weight is 170 g/mol. The van der Waals surface area contributed by atoms with Crippen molar-refractivity contribution >= 4 is 11.8 Å². The topological polar surface area (TPSA) is 43.4 Å². The third kappa shape index (κ3) is 3.03. The molecule has 0 bridgehead atoms. The van der Waals surface area contributed by atoms with Gasteiger partial charge in [0.1, 0.15) is 18.3 Å². The van der Waals surface area contributed by atoms with Crippen LogP contribution >= 0.6 is 0 Å². The molecule has 0 radical (unpaired) electrons. The Morgan fingerprint density at radius 1 is 1.33 bits per heavy atom. The largest absolute Gasteiger partial charge is 0.462 e. The minimum atomic E-state index is -0.366. The van der Waals surface area contributed by atoms with Crippen LogP contribution in [0.3, 0.4) is 0 Å². The molecular weight excluding hydrogens is 156 g/mol. The number of hydrogen-bond donors (Lipinski definition) is 0. The van der Waals surface area contributed by atoms with Crippen molar-refractivity contribution in [2.24, 2.45) is 0 Å². The molecule has 1 fully saturated rings. The molecule has 0 N–H and O–H groups in total. The fourth-order valence-electron chi connectivity index (χ4n) is 1.44. The molecule has 0 spiro atoms. The van der Waals surface area contributed by atoms with E-state index in [2.05, 4.69) is 0 Å². The molecule has 1 saturated carbocycles. The van der Waals surface area contributed by atoms with Gasteiger partial charge in [-0.3, -0.25) is 9.59 Å². The lowest BCUT2D eigenvalue weighted by Gasteiger charge is -2.09. The first-order valence-corrected chi connectivity index (χ1v) is 4.37. The van der Waals surface area contributed by atoms with Crippen molar-refractivity contribution < 1.29 is 14.3 Å². The second-order valence-corrected chi connectivity index (χ2v) is 3.28. The Morgan fingerprint density at radius 2 is 1.92 bits per heavy atom. The summed E-state index contributed by atoms with van der Waals surface area (Å²) in [6.07, 6.45) is 4.21. The molecule has 0 unspecified atom stereocenters. The Bertz CT molecular complexity index is 180. The molecule has 0 aromatic rings. The summed E-state index contributed by atoms with van der Waals surface area (Å²) in [7, 11) is 0. The van der Waals surface area contributed by atoms with Gasteiger partial charge in [0.15, 0.2) is 0 Å². The van der Waals surface area contributed by atoms with Crippen molar-refractivity contribution in [3.05, 3.63) is 0 Å². The van der Waals surface area contributed by atoms with E-state index in [0.29, 0.717) is 0 Å². The molecule has 0 aromatic heterocycles. The quantitative estimate of drug-likeness (QED) is 0.475. The number of Topliss-reactive ketones (excluding diaryl/α,β-unsaturated/α-hetero) is 1. The summed E-state index contributed by atoms with van der Waals surface area (Å²) in [6, 6.07) is 0. The lowest BCUT2D eigenvalue weighted by atomic mass is 10.3. The molecule has 0 aliphatic heterocycles.